The summed E-state index contributed by atoms with van der Waals surface area (Å²) in [6.45, 7) is 9.28. The molecule has 1 aromatic carbocycles. The molecular weight excluding hydrogens is 642 g/mol. The van der Waals surface area contributed by atoms with Crippen LogP contribution in [-0.2, 0) is 57.6 Å². The van der Waals surface area contributed by atoms with Crippen molar-refractivity contribution < 1.29 is 45.6 Å². The summed E-state index contributed by atoms with van der Waals surface area (Å²) in [4.78, 5) is 44.6. The molecule has 1 N–H and O–H groups in total. The van der Waals surface area contributed by atoms with Crippen molar-refractivity contribution in [2.75, 3.05) is 13.2 Å². The molecule has 0 radical (unpaired) electrons. The minimum absolute atomic E-state index is 0.0466. The number of nitrogens with zero attached hydrogens (tertiary/aromatic N) is 2. The van der Waals surface area contributed by atoms with E-state index in [-0.39, 0.29) is 60.6 Å². The molecule has 4 heterocycles. The van der Waals surface area contributed by atoms with Crippen LogP contribution in [0.15, 0.2) is 42.2 Å². The molecule has 3 aromatic rings. The zero-order valence-electron chi connectivity index (χ0n) is 25.6. The number of esters is 1. The summed E-state index contributed by atoms with van der Waals surface area (Å²) in [5, 5.41) is 2.94. The van der Waals surface area contributed by atoms with Gasteiger partial charge in [0.2, 0.25) is 5.60 Å². The molecule has 1 amide bonds. The third-order valence-electron chi connectivity index (χ3n) is 8.83. The third kappa shape index (κ3) is 5.23. The van der Waals surface area contributed by atoms with Crippen molar-refractivity contribution in [3.05, 3.63) is 87.0 Å². The summed E-state index contributed by atoms with van der Waals surface area (Å²) in [7, 11) is -4.49. The van der Waals surface area contributed by atoms with Crippen LogP contribution < -0.4 is 10.9 Å². The average molecular weight is 674 g/mol. The Bertz CT molecular complexity index is 1960. The molecule has 2 aliphatic heterocycles. The average Bonchev–Trinajstić information content (AvgIpc) is 3.42. The van der Waals surface area contributed by atoms with Gasteiger partial charge in [0.25, 0.3) is 11.5 Å². The smallest absolute Gasteiger partial charge is 0.458 e. The lowest BCUT2D eigenvalue weighted by molar-refractivity contribution is -0.171. The van der Waals surface area contributed by atoms with Gasteiger partial charge < -0.3 is 14.6 Å². The summed E-state index contributed by atoms with van der Waals surface area (Å²) in [5.74, 6) is -2.91. The second-order valence-corrected chi connectivity index (χ2v) is 13.0. The fourth-order valence-electron chi connectivity index (χ4n) is 6.64. The molecule has 6 rings (SSSR count). The molecule has 0 fully saturated rings. The highest BCUT2D eigenvalue weighted by Gasteiger charge is 2.53. The number of halogens is 3. The molecular formula is C32H31F3N3O8P. The number of rotatable bonds is 11. The van der Waals surface area contributed by atoms with Crippen molar-refractivity contribution in [2.45, 2.75) is 64.3 Å². The van der Waals surface area contributed by atoms with Gasteiger partial charge in [-0.1, -0.05) is 19.1 Å². The number of ether oxygens (including phenoxy) is 1. The molecule has 2 aromatic heterocycles. The highest BCUT2D eigenvalue weighted by atomic mass is 31.2. The first kappa shape index (κ1) is 32.8. The number of cyclic esters (lactones) is 1. The highest BCUT2D eigenvalue weighted by Crippen LogP contribution is 2.57. The molecule has 11 nitrogen and oxygen atoms in total. The SMILES string of the molecule is C=CCOP(=O)(OCC=C)O[C@]1(CC)C(=O)OCc2c1cc1n(c2=O)Cc2c-1nc1cc(F)c(C)c3c1c2[C@@H](NC(=O)C(F)F)CC3. The monoisotopic (exact) mass is 673 g/mol. The van der Waals surface area contributed by atoms with E-state index in [1.807, 2.05) is 0 Å². The van der Waals surface area contributed by atoms with Gasteiger partial charge in [-0.3, -0.25) is 23.2 Å². The number of carbonyl (C=O) groups is 2. The number of amides is 1. The van der Waals surface area contributed by atoms with E-state index in [0.717, 1.165) is 0 Å². The largest absolute Gasteiger partial charge is 0.476 e. The summed E-state index contributed by atoms with van der Waals surface area (Å²) in [6, 6.07) is 1.87. The van der Waals surface area contributed by atoms with Crippen LogP contribution in [0.25, 0.3) is 22.3 Å². The van der Waals surface area contributed by atoms with Gasteiger partial charge in [-0.2, -0.15) is 8.78 Å². The maximum Gasteiger partial charge on any atom is 0.476 e. The van der Waals surface area contributed by atoms with Crippen molar-refractivity contribution in [2.24, 2.45) is 0 Å². The topological polar surface area (TPSA) is 135 Å². The predicted octanol–water partition coefficient (Wildman–Crippen LogP) is 5.43. The quantitative estimate of drug-likeness (QED) is 0.126. The van der Waals surface area contributed by atoms with Crippen molar-refractivity contribution >= 4 is 30.6 Å². The van der Waals surface area contributed by atoms with Gasteiger partial charge in [0.05, 0.1) is 48.3 Å². The van der Waals surface area contributed by atoms with E-state index >= 15 is 4.39 Å². The van der Waals surface area contributed by atoms with E-state index < -0.39 is 55.8 Å². The molecule has 0 saturated carbocycles. The van der Waals surface area contributed by atoms with Crippen LogP contribution in [-0.4, -0.2) is 41.1 Å². The number of hydrogen-bond donors (Lipinski definition) is 1. The Labute approximate surface area is 267 Å². The Morgan fingerprint density at radius 3 is 2.55 bits per heavy atom. The van der Waals surface area contributed by atoms with Crippen LogP contribution in [0.4, 0.5) is 13.2 Å². The second kappa shape index (κ2) is 12.2. The zero-order chi connectivity index (χ0) is 33.8. The predicted molar refractivity (Wildman–Crippen MR) is 163 cm³/mol. The third-order valence-corrected chi connectivity index (χ3v) is 10.3. The molecule has 0 saturated heterocycles. The van der Waals surface area contributed by atoms with Crippen LogP contribution in [0, 0.1) is 12.7 Å². The highest BCUT2D eigenvalue weighted by molar-refractivity contribution is 7.48. The Hall–Kier alpha value is -4.10. The van der Waals surface area contributed by atoms with Gasteiger partial charge >= 0.3 is 20.2 Å². The van der Waals surface area contributed by atoms with E-state index in [1.165, 1.54) is 28.9 Å². The number of alkyl halides is 2. The van der Waals surface area contributed by atoms with Crippen LogP contribution in [0.3, 0.4) is 0 Å². The molecule has 47 heavy (non-hydrogen) atoms. The number of hydrogen-bond acceptors (Lipinski definition) is 9. The minimum atomic E-state index is -4.49. The fraction of sp³-hybridized carbons (Fsp3) is 0.375. The van der Waals surface area contributed by atoms with Gasteiger partial charge in [0.15, 0.2) is 0 Å². The molecule has 0 bridgehead atoms. The number of carbonyl (C=O) groups excluding carboxylic acids is 2. The lowest BCUT2D eigenvalue weighted by Gasteiger charge is -2.37. The number of phosphoric acid groups is 1. The summed E-state index contributed by atoms with van der Waals surface area (Å²) in [5.41, 5.74) is 0.0549. The molecule has 2 atom stereocenters. The summed E-state index contributed by atoms with van der Waals surface area (Å²) < 4.78 is 79.0. The summed E-state index contributed by atoms with van der Waals surface area (Å²) >= 11 is 0. The lowest BCUT2D eigenvalue weighted by Crippen LogP contribution is -2.46. The summed E-state index contributed by atoms with van der Waals surface area (Å²) in [6.07, 6.45) is -0.275. The molecule has 0 unspecified atom stereocenters. The van der Waals surface area contributed by atoms with Gasteiger partial charge in [-0.25, -0.2) is 18.7 Å². The molecule has 15 heteroatoms. The van der Waals surface area contributed by atoms with Crippen LogP contribution in [0.2, 0.25) is 0 Å². The van der Waals surface area contributed by atoms with Crippen molar-refractivity contribution in [1.82, 2.24) is 14.9 Å². The normalized spacial score (nSPS) is 19.6. The van der Waals surface area contributed by atoms with E-state index in [1.54, 1.807) is 13.8 Å². The molecule has 0 spiro atoms. The van der Waals surface area contributed by atoms with Gasteiger partial charge in [-0.15, -0.1) is 13.2 Å². The number of fused-ring (bicyclic) bond motifs is 5. The Balaban J connectivity index is 1.58. The molecule has 1 aliphatic carbocycles. The number of aromatic nitrogens is 2. The Morgan fingerprint density at radius 1 is 1.21 bits per heavy atom. The number of phosphoric ester groups is 1. The lowest BCUT2D eigenvalue weighted by atomic mass is 9.81. The maximum atomic E-state index is 15.1. The Kier molecular flexibility index (Phi) is 8.50. The zero-order valence-corrected chi connectivity index (χ0v) is 26.5. The number of benzene rings is 1. The van der Waals surface area contributed by atoms with Crippen molar-refractivity contribution in [3.8, 4) is 11.4 Å². The fourth-order valence-corrected chi connectivity index (χ4v) is 8.08. The van der Waals surface area contributed by atoms with Crippen molar-refractivity contribution in [3.63, 3.8) is 0 Å². The standard InChI is InChI=1S/C32H31F3N3O8P/c1-5-10-44-47(42,45-11-6-2)46-32(7-3)20-12-24-27-18(14-38(24)30(40)19(20)15-43-31(32)41)26-22(37-29(39)28(34)35)9-8-17-16(4)21(33)13-23(36-27)25(17)26/h5-6,12-13,22,28H,1-2,7-11,14-15H2,3-4H3,(H,37,39)/t22-,32-/m0/s1. The van der Waals surface area contributed by atoms with E-state index in [0.29, 0.717) is 34.1 Å². The van der Waals surface area contributed by atoms with Gasteiger partial charge in [-0.05, 0) is 48.9 Å². The first-order valence-corrected chi connectivity index (χ1v) is 16.3. The van der Waals surface area contributed by atoms with Crippen LogP contribution >= 0.6 is 7.82 Å². The van der Waals surface area contributed by atoms with Gasteiger partial charge in [0.1, 0.15) is 12.4 Å². The van der Waals surface area contributed by atoms with E-state index in [4.69, 9.17) is 23.3 Å². The van der Waals surface area contributed by atoms with Gasteiger partial charge in [0, 0.05) is 22.6 Å². The molecule has 248 valence electrons. The Morgan fingerprint density at radius 2 is 1.91 bits per heavy atom. The first-order valence-electron chi connectivity index (χ1n) is 14.9. The van der Waals surface area contributed by atoms with Crippen LogP contribution in [0.5, 0.6) is 0 Å². The maximum absolute atomic E-state index is 15.1. The van der Waals surface area contributed by atoms with E-state index in [2.05, 4.69) is 18.5 Å². The molecule has 3 aliphatic rings. The number of aryl methyl sites for hydroxylation is 1. The number of pyridine rings is 2. The van der Waals surface area contributed by atoms with Crippen molar-refractivity contribution in [1.29, 1.82) is 0 Å². The second-order valence-electron chi connectivity index (χ2n) is 11.4. The minimum Gasteiger partial charge on any atom is -0.458 e. The number of nitrogens with one attached hydrogen (secondary N) is 1. The van der Waals surface area contributed by atoms with Crippen LogP contribution in [0.1, 0.15) is 59.2 Å². The first-order chi connectivity index (χ1) is 22.4. The van der Waals surface area contributed by atoms with E-state index in [9.17, 15) is 27.7 Å².